The minimum atomic E-state index is 0.933. The van der Waals surface area contributed by atoms with Gasteiger partial charge >= 0.3 is 0 Å². The molecule has 0 spiro atoms. The van der Waals surface area contributed by atoms with Crippen LogP contribution in [0.15, 0.2) is 0 Å². The first-order chi connectivity index (χ1) is 5.36. The first-order valence-corrected chi connectivity index (χ1v) is 4.86. The van der Waals surface area contributed by atoms with E-state index in [1.807, 2.05) is 5.01 Å². The van der Waals surface area contributed by atoms with E-state index in [9.17, 15) is 0 Å². The fourth-order valence-corrected chi connectivity index (χ4v) is 2.62. The molecule has 2 aliphatic rings. The van der Waals surface area contributed by atoms with Crippen LogP contribution in [-0.4, -0.2) is 18.1 Å². The van der Waals surface area contributed by atoms with Crippen molar-refractivity contribution in [2.45, 2.75) is 32.1 Å². The molecule has 64 valence electrons. The first-order valence-electron chi connectivity index (χ1n) is 4.86. The lowest BCUT2D eigenvalue weighted by atomic mass is 9.92. The smallest absolute Gasteiger partial charge is 0.0160 e. The second-order valence-corrected chi connectivity index (χ2v) is 4.11. The SMILES string of the molecule is NN1CC2CCCCCC2C1. The van der Waals surface area contributed by atoms with Crippen LogP contribution in [0.1, 0.15) is 32.1 Å². The lowest BCUT2D eigenvalue weighted by Gasteiger charge is -2.12. The number of nitrogens with zero attached hydrogens (tertiary/aromatic N) is 1. The molecule has 2 fully saturated rings. The molecule has 0 aromatic carbocycles. The Morgan fingerprint density at radius 1 is 0.909 bits per heavy atom. The maximum atomic E-state index is 5.78. The summed E-state index contributed by atoms with van der Waals surface area (Å²) < 4.78 is 0. The molecule has 2 atom stereocenters. The summed E-state index contributed by atoms with van der Waals surface area (Å²) in [4.78, 5) is 0. The van der Waals surface area contributed by atoms with E-state index in [-0.39, 0.29) is 0 Å². The second kappa shape index (κ2) is 3.11. The zero-order chi connectivity index (χ0) is 7.68. The number of rotatable bonds is 0. The largest absolute Gasteiger partial charge is 0.269 e. The highest BCUT2D eigenvalue weighted by Gasteiger charge is 2.31. The molecule has 1 saturated heterocycles. The van der Waals surface area contributed by atoms with Crippen LogP contribution in [0.3, 0.4) is 0 Å². The Bertz CT molecular complexity index is 122. The van der Waals surface area contributed by atoms with Crippen molar-refractivity contribution in [1.82, 2.24) is 5.01 Å². The number of hydrogen-bond acceptors (Lipinski definition) is 2. The molecule has 2 rings (SSSR count). The van der Waals surface area contributed by atoms with Crippen molar-refractivity contribution in [3.8, 4) is 0 Å². The van der Waals surface area contributed by atoms with Crippen LogP contribution in [0.5, 0.6) is 0 Å². The maximum absolute atomic E-state index is 5.78. The number of hydrogen-bond donors (Lipinski definition) is 1. The average Bonchev–Trinajstić information content (AvgIpc) is 2.17. The van der Waals surface area contributed by atoms with Gasteiger partial charge in [-0.05, 0) is 24.7 Å². The third-order valence-electron chi connectivity index (χ3n) is 3.25. The van der Waals surface area contributed by atoms with E-state index in [1.165, 1.54) is 32.1 Å². The number of fused-ring (bicyclic) bond motifs is 1. The minimum Gasteiger partial charge on any atom is -0.269 e. The maximum Gasteiger partial charge on any atom is 0.0160 e. The van der Waals surface area contributed by atoms with Crippen LogP contribution >= 0.6 is 0 Å². The monoisotopic (exact) mass is 154 g/mol. The first kappa shape index (κ1) is 7.56. The van der Waals surface area contributed by atoms with E-state index in [4.69, 9.17) is 5.84 Å². The van der Waals surface area contributed by atoms with E-state index < -0.39 is 0 Å². The lowest BCUT2D eigenvalue weighted by molar-refractivity contribution is 0.327. The molecular weight excluding hydrogens is 136 g/mol. The van der Waals surface area contributed by atoms with Crippen molar-refractivity contribution in [2.24, 2.45) is 17.7 Å². The van der Waals surface area contributed by atoms with Crippen molar-refractivity contribution in [1.29, 1.82) is 0 Å². The molecule has 1 aliphatic carbocycles. The van der Waals surface area contributed by atoms with Crippen LogP contribution in [0.4, 0.5) is 0 Å². The van der Waals surface area contributed by atoms with E-state index >= 15 is 0 Å². The molecule has 0 aromatic rings. The predicted molar refractivity (Wildman–Crippen MR) is 45.8 cm³/mol. The molecule has 2 heteroatoms. The summed E-state index contributed by atoms with van der Waals surface area (Å²) >= 11 is 0. The standard InChI is InChI=1S/C9H18N2/c10-11-6-8-4-2-1-3-5-9(8)7-11/h8-9H,1-7,10H2. The molecular formula is C9H18N2. The zero-order valence-electron chi connectivity index (χ0n) is 7.13. The predicted octanol–water partition coefficient (Wildman–Crippen LogP) is 1.37. The molecule has 0 amide bonds. The van der Waals surface area contributed by atoms with Gasteiger partial charge in [-0.15, -0.1) is 0 Å². The van der Waals surface area contributed by atoms with Gasteiger partial charge in [0, 0.05) is 13.1 Å². The fourth-order valence-electron chi connectivity index (χ4n) is 2.62. The zero-order valence-corrected chi connectivity index (χ0v) is 7.13. The van der Waals surface area contributed by atoms with Crippen LogP contribution in [0.25, 0.3) is 0 Å². The second-order valence-electron chi connectivity index (χ2n) is 4.11. The Morgan fingerprint density at radius 3 is 2.00 bits per heavy atom. The quantitative estimate of drug-likeness (QED) is 0.534. The van der Waals surface area contributed by atoms with Crippen molar-refractivity contribution in [3.05, 3.63) is 0 Å². The minimum absolute atomic E-state index is 0.933. The normalized spacial score (nSPS) is 40.1. The van der Waals surface area contributed by atoms with Crippen molar-refractivity contribution >= 4 is 0 Å². The molecule has 1 aliphatic heterocycles. The fraction of sp³-hybridized carbons (Fsp3) is 1.00. The van der Waals surface area contributed by atoms with Crippen molar-refractivity contribution < 1.29 is 0 Å². The third-order valence-corrected chi connectivity index (χ3v) is 3.25. The van der Waals surface area contributed by atoms with Gasteiger partial charge in [0.25, 0.3) is 0 Å². The highest BCUT2D eigenvalue weighted by molar-refractivity contribution is 4.83. The highest BCUT2D eigenvalue weighted by Crippen LogP contribution is 2.33. The van der Waals surface area contributed by atoms with Crippen LogP contribution in [-0.2, 0) is 0 Å². The van der Waals surface area contributed by atoms with Gasteiger partial charge in [-0.25, -0.2) is 5.01 Å². The summed E-state index contributed by atoms with van der Waals surface area (Å²) in [6.07, 6.45) is 7.19. The van der Waals surface area contributed by atoms with Gasteiger partial charge in [-0.1, -0.05) is 19.3 Å². The van der Waals surface area contributed by atoms with Crippen LogP contribution in [0.2, 0.25) is 0 Å². The summed E-state index contributed by atoms with van der Waals surface area (Å²) in [5, 5.41) is 2.01. The molecule has 0 bridgehead atoms. The van der Waals surface area contributed by atoms with Crippen molar-refractivity contribution in [2.75, 3.05) is 13.1 Å². The topological polar surface area (TPSA) is 29.3 Å². The Balaban J connectivity index is 1.96. The molecule has 2 N–H and O–H groups in total. The highest BCUT2D eigenvalue weighted by atomic mass is 15.4. The molecule has 11 heavy (non-hydrogen) atoms. The van der Waals surface area contributed by atoms with Gasteiger partial charge in [-0.2, -0.15) is 0 Å². The van der Waals surface area contributed by atoms with E-state index in [2.05, 4.69) is 0 Å². The Labute approximate surface area is 68.7 Å². The Hall–Kier alpha value is -0.0800. The van der Waals surface area contributed by atoms with Gasteiger partial charge in [0.15, 0.2) is 0 Å². The number of hydrazine groups is 1. The van der Waals surface area contributed by atoms with E-state index in [0.29, 0.717) is 0 Å². The Kier molecular flexibility index (Phi) is 2.14. The van der Waals surface area contributed by atoms with E-state index in [1.54, 1.807) is 0 Å². The molecule has 0 aromatic heterocycles. The summed E-state index contributed by atoms with van der Waals surface area (Å²) in [5.74, 6) is 7.64. The van der Waals surface area contributed by atoms with Gasteiger partial charge in [0.1, 0.15) is 0 Å². The molecule has 2 unspecified atom stereocenters. The van der Waals surface area contributed by atoms with Crippen molar-refractivity contribution in [3.63, 3.8) is 0 Å². The molecule has 1 saturated carbocycles. The summed E-state index contributed by atoms with van der Waals surface area (Å²) in [6, 6.07) is 0. The average molecular weight is 154 g/mol. The summed E-state index contributed by atoms with van der Waals surface area (Å²) in [6.45, 7) is 2.31. The van der Waals surface area contributed by atoms with E-state index in [0.717, 1.165) is 24.9 Å². The van der Waals surface area contributed by atoms with Gasteiger partial charge in [-0.3, -0.25) is 5.84 Å². The molecule has 0 radical (unpaired) electrons. The Morgan fingerprint density at radius 2 is 1.45 bits per heavy atom. The van der Waals surface area contributed by atoms with Gasteiger partial charge < -0.3 is 0 Å². The van der Waals surface area contributed by atoms with Crippen LogP contribution in [0, 0.1) is 11.8 Å². The summed E-state index contributed by atoms with van der Waals surface area (Å²) in [5.41, 5.74) is 0. The third kappa shape index (κ3) is 1.57. The van der Waals surface area contributed by atoms with Gasteiger partial charge in [0.05, 0.1) is 0 Å². The lowest BCUT2D eigenvalue weighted by Crippen LogP contribution is -2.28. The van der Waals surface area contributed by atoms with Gasteiger partial charge in [0.2, 0.25) is 0 Å². The summed E-state index contributed by atoms with van der Waals surface area (Å²) in [7, 11) is 0. The number of nitrogens with two attached hydrogens (primary N) is 1. The molecule has 1 heterocycles. The molecule has 2 nitrogen and oxygen atoms in total. The van der Waals surface area contributed by atoms with Crippen LogP contribution < -0.4 is 5.84 Å².